The molecule has 0 aliphatic heterocycles. The highest BCUT2D eigenvalue weighted by molar-refractivity contribution is 5.56. The van der Waals surface area contributed by atoms with Crippen molar-refractivity contribution in [3.05, 3.63) is 106 Å². The topological polar surface area (TPSA) is 23.8 Å². The lowest BCUT2D eigenvalue weighted by Gasteiger charge is -2.05. The number of hydrogen-bond donors (Lipinski definition) is 0. The molecule has 28 heavy (non-hydrogen) atoms. The maximum atomic E-state index is 12.6. The van der Waals surface area contributed by atoms with E-state index in [-0.39, 0.29) is 0 Å². The number of rotatable bonds is 0. The zero-order valence-electron chi connectivity index (χ0n) is 14.5. The van der Waals surface area contributed by atoms with E-state index in [1.165, 1.54) is 12.1 Å². The van der Waals surface area contributed by atoms with E-state index in [9.17, 15) is 13.2 Å². The van der Waals surface area contributed by atoms with Crippen LogP contribution < -0.4 is 0 Å². The average Bonchev–Trinajstić information content (AvgIpc) is 2.71. The molecule has 3 aromatic carbocycles. The average molecular weight is 371 g/mol. The zero-order valence-corrected chi connectivity index (χ0v) is 14.5. The lowest BCUT2D eigenvalue weighted by atomic mass is 10.1. The number of nitrogens with zero attached hydrogens (tertiary/aromatic N) is 1. The van der Waals surface area contributed by atoms with Gasteiger partial charge in [-0.2, -0.15) is 18.4 Å². The molecule has 1 nitrogen and oxygen atoms in total. The molecule has 3 aromatic rings. The molecule has 0 radical (unpaired) electrons. The van der Waals surface area contributed by atoms with E-state index in [0.717, 1.165) is 12.1 Å². The SMILES string of the molecule is N#Cc1ccccc1C#Cc1ccccc1C#Cc1ccc(C(F)(F)F)cc1. The van der Waals surface area contributed by atoms with Crippen molar-refractivity contribution in [3.8, 4) is 29.8 Å². The van der Waals surface area contributed by atoms with E-state index in [2.05, 4.69) is 29.8 Å². The second-order valence-electron chi connectivity index (χ2n) is 5.78. The highest BCUT2D eigenvalue weighted by Crippen LogP contribution is 2.28. The first-order chi connectivity index (χ1) is 13.5. The fourth-order valence-corrected chi connectivity index (χ4v) is 2.41. The molecular formula is C24H12F3N. The Hall–Kier alpha value is -3.94. The molecule has 3 rings (SSSR count). The van der Waals surface area contributed by atoms with Crippen molar-refractivity contribution in [2.45, 2.75) is 6.18 Å². The summed E-state index contributed by atoms with van der Waals surface area (Å²) in [6.07, 6.45) is -4.37. The standard InChI is InChI=1S/C24H12F3N/c25-24(26,27)23-15-10-18(11-16-23)9-12-19-5-1-2-6-20(19)13-14-21-7-3-4-8-22(21)17-28/h1-8,10-11,15-16H. The molecule has 0 saturated heterocycles. The molecule has 4 heteroatoms. The van der Waals surface area contributed by atoms with Gasteiger partial charge in [0.2, 0.25) is 0 Å². The molecular weight excluding hydrogens is 359 g/mol. The van der Waals surface area contributed by atoms with Crippen LogP contribution in [-0.2, 0) is 6.18 Å². The van der Waals surface area contributed by atoms with Crippen molar-refractivity contribution in [1.29, 1.82) is 5.26 Å². The van der Waals surface area contributed by atoms with Gasteiger partial charge in [-0.1, -0.05) is 47.9 Å². The molecule has 0 aliphatic rings. The van der Waals surface area contributed by atoms with Crippen LogP contribution >= 0.6 is 0 Å². The van der Waals surface area contributed by atoms with Crippen LogP contribution in [0.2, 0.25) is 0 Å². The van der Waals surface area contributed by atoms with Crippen LogP contribution in [0, 0.1) is 35.0 Å². The Labute approximate surface area is 161 Å². The van der Waals surface area contributed by atoms with Crippen LogP contribution in [0.3, 0.4) is 0 Å². The normalized spacial score (nSPS) is 10.1. The van der Waals surface area contributed by atoms with Crippen LogP contribution in [0.1, 0.15) is 33.4 Å². The second-order valence-corrected chi connectivity index (χ2v) is 5.78. The maximum Gasteiger partial charge on any atom is 0.416 e. The van der Waals surface area contributed by atoms with Crippen molar-refractivity contribution in [2.24, 2.45) is 0 Å². The number of halogens is 3. The van der Waals surface area contributed by atoms with Gasteiger partial charge in [-0.05, 0) is 48.5 Å². The molecule has 0 saturated carbocycles. The lowest BCUT2D eigenvalue weighted by molar-refractivity contribution is -0.137. The largest absolute Gasteiger partial charge is 0.416 e. The monoisotopic (exact) mass is 371 g/mol. The van der Waals surface area contributed by atoms with Gasteiger partial charge in [0.15, 0.2) is 0 Å². The van der Waals surface area contributed by atoms with Crippen LogP contribution in [0.15, 0.2) is 72.8 Å². The summed E-state index contributed by atoms with van der Waals surface area (Å²) < 4.78 is 37.9. The van der Waals surface area contributed by atoms with E-state index in [4.69, 9.17) is 5.26 Å². The molecule has 0 aliphatic carbocycles. The van der Waals surface area contributed by atoms with E-state index in [1.807, 2.05) is 12.1 Å². The van der Waals surface area contributed by atoms with E-state index >= 15 is 0 Å². The Morgan fingerprint density at radius 1 is 0.571 bits per heavy atom. The van der Waals surface area contributed by atoms with Gasteiger partial charge in [-0.25, -0.2) is 0 Å². The Morgan fingerprint density at radius 3 is 1.46 bits per heavy atom. The van der Waals surface area contributed by atoms with Gasteiger partial charge in [-0.15, -0.1) is 0 Å². The highest BCUT2D eigenvalue weighted by Gasteiger charge is 2.29. The summed E-state index contributed by atoms with van der Waals surface area (Å²) in [5, 5.41) is 9.14. The Morgan fingerprint density at radius 2 is 1.00 bits per heavy atom. The maximum absolute atomic E-state index is 12.6. The van der Waals surface area contributed by atoms with Crippen LogP contribution in [0.4, 0.5) is 13.2 Å². The predicted molar refractivity (Wildman–Crippen MR) is 101 cm³/mol. The molecule has 134 valence electrons. The third-order valence-electron chi connectivity index (χ3n) is 3.86. The number of benzene rings is 3. The smallest absolute Gasteiger partial charge is 0.192 e. The van der Waals surface area contributed by atoms with Gasteiger partial charge in [0, 0.05) is 22.3 Å². The highest BCUT2D eigenvalue weighted by atomic mass is 19.4. The fraction of sp³-hybridized carbons (Fsp3) is 0.0417. The third kappa shape index (κ3) is 4.61. The summed E-state index contributed by atoms with van der Waals surface area (Å²) in [4.78, 5) is 0. The molecule has 0 bridgehead atoms. The van der Waals surface area contributed by atoms with Gasteiger partial charge in [0.25, 0.3) is 0 Å². The van der Waals surface area contributed by atoms with Gasteiger partial charge in [0.05, 0.1) is 11.1 Å². The predicted octanol–water partition coefficient (Wildman–Crippen LogP) is 5.38. The Balaban J connectivity index is 1.90. The summed E-state index contributed by atoms with van der Waals surface area (Å²) >= 11 is 0. The summed E-state index contributed by atoms with van der Waals surface area (Å²) in [5.74, 6) is 11.8. The minimum atomic E-state index is -4.37. The molecule has 0 heterocycles. The molecule has 0 N–H and O–H groups in total. The van der Waals surface area contributed by atoms with Crippen LogP contribution in [0.25, 0.3) is 0 Å². The first kappa shape index (κ1) is 18.8. The number of hydrogen-bond acceptors (Lipinski definition) is 1. The van der Waals surface area contributed by atoms with Gasteiger partial charge in [-0.3, -0.25) is 0 Å². The van der Waals surface area contributed by atoms with E-state index < -0.39 is 11.7 Å². The third-order valence-corrected chi connectivity index (χ3v) is 3.86. The molecule has 0 unspecified atom stereocenters. The van der Waals surface area contributed by atoms with E-state index in [1.54, 1.807) is 36.4 Å². The first-order valence-electron chi connectivity index (χ1n) is 8.27. The molecule has 0 spiro atoms. The van der Waals surface area contributed by atoms with Crippen molar-refractivity contribution < 1.29 is 13.2 Å². The van der Waals surface area contributed by atoms with Gasteiger partial charge >= 0.3 is 6.18 Å². The second kappa shape index (κ2) is 8.17. The van der Waals surface area contributed by atoms with E-state index in [0.29, 0.717) is 27.8 Å². The fourth-order valence-electron chi connectivity index (χ4n) is 2.41. The van der Waals surface area contributed by atoms with Gasteiger partial charge in [0.1, 0.15) is 6.07 Å². The minimum Gasteiger partial charge on any atom is -0.192 e. The van der Waals surface area contributed by atoms with Crippen molar-refractivity contribution in [2.75, 3.05) is 0 Å². The summed E-state index contributed by atoms with van der Waals surface area (Å²) in [6, 6.07) is 21.1. The Kier molecular flexibility index (Phi) is 5.50. The summed E-state index contributed by atoms with van der Waals surface area (Å²) in [7, 11) is 0. The molecule has 0 atom stereocenters. The molecule has 0 fully saturated rings. The van der Waals surface area contributed by atoms with Crippen molar-refractivity contribution in [3.63, 3.8) is 0 Å². The summed E-state index contributed by atoms with van der Waals surface area (Å²) in [6.45, 7) is 0. The minimum absolute atomic E-state index is 0.477. The Bertz CT molecular complexity index is 1160. The zero-order chi connectivity index (χ0) is 20.0. The van der Waals surface area contributed by atoms with Crippen LogP contribution in [-0.4, -0.2) is 0 Å². The number of alkyl halides is 3. The molecule has 0 amide bonds. The molecule has 0 aromatic heterocycles. The quantitative estimate of drug-likeness (QED) is 0.487. The van der Waals surface area contributed by atoms with Crippen molar-refractivity contribution >= 4 is 0 Å². The van der Waals surface area contributed by atoms with Crippen molar-refractivity contribution in [1.82, 2.24) is 0 Å². The van der Waals surface area contributed by atoms with Gasteiger partial charge < -0.3 is 0 Å². The van der Waals surface area contributed by atoms with Crippen LogP contribution in [0.5, 0.6) is 0 Å². The first-order valence-corrected chi connectivity index (χ1v) is 8.27. The number of nitriles is 1. The summed E-state index contributed by atoms with van der Waals surface area (Å²) in [5.41, 5.74) is 2.21. The lowest BCUT2D eigenvalue weighted by Crippen LogP contribution is -2.04.